The summed E-state index contributed by atoms with van der Waals surface area (Å²) >= 11 is 0. The van der Waals surface area contributed by atoms with E-state index in [4.69, 9.17) is 15.2 Å². The van der Waals surface area contributed by atoms with Crippen molar-refractivity contribution in [3.05, 3.63) is 35.9 Å². The average Bonchev–Trinajstić information content (AvgIpc) is 2.43. The molecule has 0 unspecified atom stereocenters. The van der Waals surface area contributed by atoms with E-state index in [1.165, 1.54) is 7.11 Å². The normalized spacial score (nSPS) is 11.7. The highest BCUT2D eigenvalue weighted by Gasteiger charge is 2.14. The fourth-order valence-electron chi connectivity index (χ4n) is 1.33. The summed E-state index contributed by atoms with van der Waals surface area (Å²) in [5.74, 6) is -0.958. The maximum atomic E-state index is 11.4. The lowest BCUT2D eigenvalue weighted by Crippen LogP contribution is -2.45. The van der Waals surface area contributed by atoms with E-state index in [-0.39, 0.29) is 19.8 Å². The van der Waals surface area contributed by atoms with Crippen LogP contribution >= 0.6 is 0 Å². The quantitative estimate of drug-likeness (QED) is 0.668. The van der Waals surface area contributed by atoms with Gasteiger partial charge in [-0.3, -0.25) is 9.59 Å². The van der Waals surface area contributed by atoms with Gasteiger partial charge in [0.05, 0.1) is 6.61 Å². The number of amides is 1. The van der Waals surface area contributed by atoms with Crippen molar-refractivity contribution in [2.75, 3.05) is 20.3 Å². The molecule has 104 valence electrons. The molecule has 1 rings (SSSR count). The van der Waals surface area contributed by atoms with Crippen molar-refractivity contribution >= 4 is 11.9 Å². The molecule has 0 aliphatic carbocycles. The number of carbonyl (C=O) groups excluding carboxylic acids is 2. The zero-order chi connectivity index (χ0) is 14.1. The van der Waals surface area contributed by atoms with Gasteiger partial charge in [-0.25, -0.2) is 0 Å². The smallest absolute Gasteiger partial charge is 0.325 e. The van der Waals surface area contributed by atoms with Gasteiger partial charge in [0.2, 0.25) is 5.91 Å². The van der Waals surface area contributed by atoms with E-state index in [9.17, 15) is 9.59 Å². The molecule has 3 N–H and O–H groups in total. The van der Waals surface area contributed by atoms with Gasteiger partial charge in [0.1, 0.15) is 19.2 Å². The fraction of sp³-hybridized carbons (Fsp3) is 0.385. The van der Waals surface area contributed by atoms with Gasteiger partial charge in [-0.15, -0.1) is 0 Å². The van der Waals surface area contributed by atoms with Crippen LogP contribution in [0.3, 0.4) is 0 Å². The van der Waals surface area contributed by atoms with Crippen LogP contribution in [-0.2, 0) is 25.7 Å². The lowest BCUT2D eigenvalue weighted by Gasteiger charge is -2.11. The van der Waals surface area contributed by atoms with Gasteiger partial charge in [-0.1, -0.05) is 30.3 Å². The molecule has 19 heavy (non-hydrogen) atoms. The van der Waals surface area contributed by atoms with Crippen molar-refractivity contribution < 1.29 is 19.1 Å². The van der Waals surface area contributed by atoms with E-state index < -0.39 is 17.9 Å². The van der Waals surface area contributed by atoms with Crippen LogP contribution < -0.4 is 11.1 Å². The Kier molecular flexibility index (Phi) is 6.56. The topological polar surface area (TPSA) is 90.6 Å². The molecule has 0 spiro atoms. The standard InChI is InChI=1S/C13H18N2O4/c1-18-9-11(14)13(17)15-7-12(16)19-8-10-5-3-2-4-6-10/h2-6,11H,7-9,14H2,1H3,(H,15,17)/t11-/m0/s1. The third-order valence-electron chi connectivity index (χ3n) is 2.33. The Morgan fingerprint density at radius 3 is 2.63 bits per heavy atom. The summed E-state index contributed by atoms with van der Waals surface area (Å²) in [6.07, 6.45) is 0. The number of hydrogen-bond acceptors (Lipinski definition) is 5. The largest absolute Gasteiger partial charge is 0.460 e. The van der Waals surface area contributed by atoms with Gasteiger partial charge in [0.25, 0.3) is 0 Å². The van der Waals surface area contributed by atoms with Crippen molar-refractivity contribution in [2.45, 2.75) is 12.6 Å². The van der Waals surface area contributed by atoms with E-state index in [1.807, 2.05) is 30.3 Å². The highest BCUT2D eigenvalue weighted by molar-refractivity contribution is 5.85. The number of rotatable bonds is 7. The molecule has 1 aromatic rings. The summed E-state index contributed by atoms with van der Waals surface area (Å²) in [4.78, 5) is 22.8. The number of esters is 1. The van der Waals surface area contributed by atoms with Crippen LogP contribution in [0.15, 0.2) is 30.3 Å². The Morgan fingerprint density at radius 2 is 2.00 bits per heavy atom. The zero-order valence-corrected chi connectivity index (χ0v) is 10.8. The Hall–Kier alpha value is -1.92. The third-order valence-corrected chi connectivity index (χ3v) is 2.33. The Balaban J connectivity index is 2.23. The van der Waals surface area contributed by atoms with Gasteiger partial charge >= 0.3 is 5.97 Å². The maximum Gasteiger partial charge on any atom is 0.325 e. The number of methoxy groups -OCH3 is 1. The fourth-order valence-corrected chi connectivity index (χ4v) is 1.33. The molecular weight excluding hydrogens is 248 g/mol. The number of nitrogens with two attached hydrogens (primary N) is 1. The van der Waals surface area contributed by atoms with E-state index in [2.05, 4.69) is 5.32 Å². The molecule has 0 heterocycles. The number of carbonyl (C=O) groups is 2. The summed E-state index contributed by atoms with van der Waals surface area (Å²) in [6.45, 7) is 0.0770. The van der Waals surface area contributed by atoms with Gasteiger partial charge in [-0.2, -0.15) is 0 Å². The second kappa shape index (κ2) is 8.23. The average molecular weight is 266 g/mol. The molecule has 6 nitrogen and oxygen atoms in total. The Bertz CT molecular complexity index is 408. The second-order valence-electron chi connectivity index (χ2n) is 3.93. The monoisotopic (exact) mass is 266 g/mol. The van der Waals surface area contributed by atoms with E-state index >= 15 is 0 Å². The van der Waals surface area contributed by atoms with Gasteiger partial charge < -0.3 is 20.5 Å². The summed E-state index contributed by atoms with van der Waals surface area (Å²) in [6, 6.07) is 8.50. The summed E-state index contributed by atoms with van der Waals surface area (Å²) in [5.41, 5.74) is 6.38. The van der Waals surface area contributed by atoms with Crippen LogP contribution in [0, 0.1) is 0 Å². The first-order valence-corrected chi connectivity index (χ1v) is 5.85. The van der Waals surface area contributed by atoms with Crippen molar-refractivity contribution in [3.63, 3.8) is 0 Å². The minimum atomic E-state index is -0.785. The molecular formula is C13H18N2O4. The van der Waals surface area contributed by atoms with Crippen LogP contribution in [0.2, 0.25) is 0 Å². The molecule has 0 aromatic heterocycles. The summed E-state index contributed by atoms with van der Waals surface area (Å²) in [5, 5.41) is 2.38. The summed E-state index contributed by atoms with van der Waals surface area (Å²) < 4.78 is 9.73. The van der Waals surface area contributed by atoms with E-state index in [0.29, 0.717) is 0 Å². The summed E-state index contributed by atoms with van der Waals surface area (Å²) in [7, 11) is 1.45. The van der Waals surface area contributed by atoms with Crippen molar-refractivity contribution in [3.8, 4) is 0 Å². The highest BCUT2D eigenvalue weighted by Crippen LogP contribution is 2.00. The molecule has 1 aromatic carbocycles. The second-order valence-corrected chi connectivity index (χ2v) is 3.93. The molecule has 0 radical (unpaired) electrons. The zero-order valence-electron chi connectivity index (χ0n) is 10.8. The minimum absolute atomic E-state index is 0.102. The molecule has 0 saturated heterocycles. The lowest BCUT2D eigenvalue weighted by molar-refractivity contribution is -0.145. The van der Waals surface area contributed by atoms with Crippen molar-refractivity contribution in [1.82, 2.24) is 5.32 Å². The highest BCUT2D eigenvalue weighted by atomic mass is 16.5. The maximum absolute atomic E-state index is 11.4. The first-order chi connectivity index (χ1) is 9.13. The van der Waals surface area contributed by atoms with Crippen LogP contribution in [0.1, 0.15) is 5.56 Å². The molecule has 1 atom stereocenters. The molecule has 0 aliphatic heterocycles. The lowest BCUT2D eigenvalue weighted by atomic mass is 10.2. The predicted octanol–water partition coefficient (Wildman–Crippen LogP) is -0.180. The Labute approximate surface area is 111 Å². The molecule has 0 bridgehead atoms. The number of ether oxygens (including phenoxy) is 2. The molecule has 6 heteroatoms. The molecule has 0 fully saturated rings. The number of hydrogen-bond donors (Lipinski definition) is 2. The van der Waals surface area contributed by atoms with Gasteiger partial charge in [0, 0.05) is 7.11 Å². The van der Waals surface area contributed by atoms with Gasteiger partial charge in [0.15, 0.2) is 0 Å². The third kappa shape index (κ3) is 5.98. The molecule has 0 aliphatic rings. The van der Waals surface area contributed by atoms with Crippen LogP contribution in [-0.4, -0.2) is 38.2 Å². The van der Waals surface area contributed by atoms with E-state index in [0.717, 1.165) is 5.56 Å². The number of nitrogens with one attached hydrogen (secondary N) is 1. The van der Waals surface area contributed by atoms with Crippen LogP contribution in [0.25, 0.3) is 0 Å². The predicted molar refractivity (Wildman–Crippen MR) is 69.1 cm³/mol. The van der Waals surface area contributed by atoms with Crippen molar-refractivity contribution in [1.29, 1.82) is 0 Å². The molecule has 1 amide bonds. The first-order valence-electron chi connectivity index (χ1n) is 5.85. The minimum Gasteiger partial charge on any atom is -0.460 e. The SMILES string of the molecule is COC[C@H](N)C(=O)NCC(=O)OCc1ccccc1. The Morgan fingerprint density at radius 1 is 1.32 bits per heavy atom. The van der Waals surface area contributed by atoms with Crippen LogP contribution in [0.5, 0.6) is 0 Å². The van der Waals surface area contributed by atoms with E-state index in [1.54, 1.807) is 0 Å². The first kappa shape index (κ1) is 15.1. The van der Waals surface area contributed by atoms with Gasteiger partial charge in [-0.05, 0) is 5.56 Å². The van der Waals surface area contributed by atoms with Crippen molar-refractivity contribution in [2.24, 2.45) is 5.73 Å². The number of benzene rings is 1. The molecule has 0 saturated carbocycles. The van der Waals surface area contributed by atoms with Crippen LogP contribution in [0.4, 0.5) is 0 Å².